The maximum atomic E-state index is 10.9. The summed E-state index contributed by atoms with van der Waals surface area (Å²) in [5.41, 5.74) is 0.962. The minimum atomic E-state index is -0.744. The number of hydrogen-bond acceptors (Lipinski definition) is 4. The number of anilines is 1. The summed E-state index contributed by atoms with van der Waals surface area (Å²) in [6.45, 7) is 0.173. The molecule has 0 radical (unpaired) electrons. The first-order valence-electron chi connectivity index (χ1n) is 5.99. The summed E-state index contributed by atoms with van der Waals surface area (Å²) in [6, 6.07) is 13.5. The number of aliphatic hydroxyl groups is 1. The van der Waals surface area contributed by atoms with Crippen molar-refractivity contribution in [2.45, 2.75) is 6.10 Å². The van der Waals surface area contributed by atoms with Crippen molar-refractivity contribution >= 4 is 23.0 Å². The van der Waals surface area contributed by atoms with Gasteiger partial charge in [0.2, 0.25) is 0 Å². The molecule has 0 aliphatic carbocycles. The number of benzene rings is 2. The SMILES string of the molecule is O=[N+]([O-])c1cc(Cl)ccc1NCC(O)c1ccccc1. The average molecular weight is 293 g/mol. The van der Waals surface area contributed by atoms with Crippen LogP contribution >= 0.6 is 11.6 Å². The number of nitro groups is 1. The van der Waals surface area contributed by atoms with Gasteiger partial charge in [-0.3, -0.25) is 10.1 Å². The predicted molar refractivity (Wildman–Crippen MR) is 78.0 cm³/mol. The van der Waals surface area contributed by atoms with Crippen LogP contribution in [0.1, 0.15) is 11.7 Å². The normalized spacial score (nSPS) is 11.9. The van der Waals surface area contributed by atoms with Gasteiger partial charge in [0.25, 0.3) is 5.69 Å². The maximum absolute atomic E-state index is 10.9. The summed E-state index contributed by atoms with van der Waals surface area (Å²) >= 11 is 5.74. The second kappa shape index (κ2) is 6.36. The molecule has 0 amide bonds. The zero-order valence-electron chi connectivity index (χ0n) is 10.5. The lowest BCUT2D eigenvalue weighted by Gasteiger charge is -2.13. The van der Waals surface area contributed by atoms with Crippen molar-refractivity contribution in [2.75, 3.05) is 11.9 Å². The fourth-order valence-electron chi connectivity index (χ4n) is 1.81. The Labute approximate surface area is 121 Å². The second-order valence-electron chi connectivity index (χ2n) is 4.23. The van der Waals surface area contributed by atoms with Gasteiger partial charge in [-0.2, -0.15) is 0 Å². The summed E-state index contributed by atoms with van der Waals surface area (Å²) < 4.78 is 0. The van der Waals surface area contributed by atoms with E-state index < -0.39 is 11.0 Å². The van der Waals surface area contributed by atoms with Gasteiger partial charge < -0.3 is 10.4 Å². The molecule has 1 unspecified atom stereocenters. The first kappa shape index (κ1) is 14.3. The van der Waals surface area contributed by atoms with Gasteiger partial charge in [0.1, 0.15) is 5.69 Å². The Hall–Kier alpha value is -2.11. The number of nitrogens with one attached hydrogen (secondary N) is 1. The van der Waals surface area contributed by atoms with Crippen LogP contribution in [0.3, 0.4) is 0 Å². The van der Waals surface area contributed by atoms with Crippen LogP contribution in [0.15, 0.2) is 48.5 Å². The number of nitrogens with zero attached hydrogens (tertiary/aromatic N) is 1. The molecular weight excluding hydrogens is 280 g/mol. The van der Waals surface area contributed by atoms with E-state index in [1.807, 2.05) is 18.2 Å². The van der Waals surface area contributed by atoms with Gasteiger partial charge in [-0.25, -0.2) is 0 Å². The molecule has 2 aromatic carbocycles. The Morgan fingerprint density at radius 2 is 1.95 bits per heavy atom. The molecule has 0 aliphatic rings. The molecule has 1 atom stereocenters. The Balaban J connectivity index is 2.09. The molecule has 2 rings (SSSR count). The van der Waals surface area contributed by atoms with Crippen LogP contribution in [-0.4, -0.2) is 16.6 Å². The summed E-state index contributed by atoms with van der Waals surface area (Å²) in [6.07, 6.45) is -0.744. The lowest BCUT2D eigenvalue weighted by molar-refractivity contribution is -0.383. The van der Waals surface area contributed by atoms with Gasteiger partial charge in [0.05, 0.1) is 11.0 Å². The van der Waals surface area contributed by atoms with Crippen molar-refractivity contribution in [2.24, 2.45) is 0 Å². The van der Waals surface area contributed by atoms with E-state index in [2.05, 4.69) is 5.32 Å². The zero-order valence-corrected chi connectivity index (χ0v) is 11.2. The van der Waals surface area contributed by atoms with Crippen LogP contribution in [0.4, 0.5) is 11.4 Å². The van der Waals surface area contributed by atoms with E-state index in [1.165, 1.54) is 12.1 Å². The fraction of sp³-hybridized carbons (Fsp3) is 0.143. The first-order valence-corrected chi connectivity index (χ1v) is 6.36. The second-order valence-corrected chi connectivity index (χ2v) is 4.66. The Morgan fingerprint density at radius 3 is 2.60 bits per heavy atom. The third kappa shape index (κ3) is 3.46. The Bertz CT molecular complexity index is 605. The van der Waals surface area contributed by atoms with Gasteiger partial charge in [0, 0.05) is 17.6 Å². The van der Waals surface area contributed by atoms with Crippen molar-refractivity contribution in [3.63, 3.8) is 0 Å². The van der Waals surface area contributed by atoms with Gasteiger partial charge in [-0.05, 0) is 17.7 Å². The molecule has 6 heteroatoms. The highest BCUT2D eigenvalue weighted by Gasteiger charge is 2.15. The molecule has 5 nitrogen and oxygen atoms in total. The molecule has 2 aromatic rings. The van der Waals surface area contributed by atoms with Crippen molar-refractivity contribution in [1.29, 1.82) is 0 Å². The average Bonchev–Trinajstić information content (AvgIpc) is 2.46. The Morgan fingerprint density at radius 1 is 1.25 bits per heavy atom. The third-order valence-corrected chi connectivity index (χ3v) is 3.06. The molecule has 2 N–H and O–H groups in total. The highest BCUT2D eigenvalue weighted by atomic mass is 35.5. The first-order chi connectivity index (χ1) is 9.58. The fourth-order valence-corrected chi connectivity index (χ4v) is 1.97. The molecular formula is C14H13ClN2O3. The van der Waals surface area contributed by atoms with Crippen LogP contribution < -0.4 is 5.32 Å². The van der Waals surface area contributed by atoms with E-state index >= 15 is 0 Å². The maximum Gasteiger partial charge on any atom is 0.293 e. The van der Waals surface area contributed by atoms with Gasteiger partial charge in [-0.1, -0.05) is 41.9 Å². The molecule has 0 aromatic heterocycles. The highest BCUT2D eigenvalue weighted by Crippen LogP contribution is 2.28. The van der Waals surface area contributed by atoms with Gasteiger partial charge >= 0.3 is 0 Å². The minimum absolute atomic E-state index is 0.113. The molecule has 0 bridgehead atoms. The van der Waals surface area contributed by atoms with Gasteiger partial charge in [-0.15, -0.1) is 0 Å². The standard InChI is InChI=1S/C14H13ClN2O3/c15-11-6-7-12(13(8-11)17(19)20)16-9-14(18)10-4-2-1-3-5-10/h1-8,14,16,18H,9H2. The molecule has 0 saturated heterocycles. The predicted octanol–water partition coefficient (Wildman–Crippen LogP) is 3.39. The summed E-state index contributed by atoms with van der Waals surface area (Å²) in [5.74, 6) is 0. The molecule has 104 valence electrons. The summed E-state index contributed by atoms with van der Waals surface area (Å²) in [5, 5.41) is 24.1. The van der Waals surface area contributed by atoms with E-state index in [-0.39, 0.29) is 12.2 Å². The Kier molecular flexibility index (Phi) is 4.55. The zero-order chi connectivity index (χ0) is 14.5. The number of nitro benzene ring substituents is 1. The van der Waals surface area contributed by atoms with E-state index in [0.29, 0.717) is 10.7 Å². The molecule has 0 saturated carbocycles. The third-order valence-electron chi connectivity index (χ3n) is 2.83. The van der Waals surface area contributed by atoms with Crippen molar-refractivity contribution in [1.82, 2.24) is 0 Å². The van der Waals surface area contributed by atoms with E-state index in [9.17, 15) is 15.2 Å². The van der Waals surface area contributed by atoms with E-state index in [1.54, 1.807) is 18.2 Å². The number of rotatable bonds is 5. The van der Waals surface area contributed by atoms with Crippen LogP contribution in [-0.2, 0) is 0 Å². The molecule has 0 heterocycles. The van der Waals surface area contributed by atoms with Crippen molar-refractivity contribution in [3.05, 3.63) is 69.2 Å². The lowest BCUT2D eigenvalue weighted by atomic mass is 10.1. The van der Waals surface area contributed by atoms with E-state index in [4.69, 9.17) is 11.6 Å². The molecule has 0 fully saturated rings. The largest absolute Gasteiger partial charge is 0.387 e. The molecule has 20 heavy (non-hydrogen) atoms. The van der Waals surface area contributed by atoms with Crippen LogP contribution in [0, 0.1) is 10.1 Å². The number of aliphatic hydroxyl groups excluding tert-OH is 1. The van der Waals surface area contributed by atoms with Crippen molar-refractivity contribution < 1.29 is 10.0 Å². The lowest BCUT2D eigenvalue weighted by Crippen LogP contribution is -2.13. The highest BCUT2D eigenvalue weighted by molar-refractivity contribution is 6.30. The van der Waals surface area contributed by atoms with E-state index in [0.717, 1.165) is 5.56 Å². The van der Waals surface area contributed by atoms with Crippen LogP contribution in [0.2, 0.25) is 5.02 Å². The van der Waals surface area contributed by atoms with Gasteiger partial charge in [0.15, 0.2) is 0 Å². The minimum Gasteiger partial charge on any atom is -0.387 e. The molecule has 0 aliphatic heterocycles. The number of hydrogen-bond donors (Lipinski definition) is 2. The summed E-state index contributed by atoms with van der Waals surface area (Å²) in [4.78, 5) is 10.4. The topological polar surface area (TPSA) is 75.4 Å². The molecule has 0 spiro atoms. The monoisotopic (exact) mass is 292 g/mol. The smallest absolute Gasteiger partial charge is 0.293 e. The number of halogens is 1. The quantitative estimate of drug-likeness (QED) is 0.654. The van der Waals surface area contributed by atoms with Crippen LogP contribution in [0.25, 0.3) is 0 Å². The van der Waals surface area contributed by atoms with Crippen molar-refractivity contribution in [3.8, 4) is 0 Å². The van der Waals surface area contributed by atoms with Crippen LogP contribution in [0.5, 0.6) is 0 Å². The summed E-state index contributed by atoms with van der Waals surface area (Å²) in [7, 11) is 0.